The third-order valence-corrected chi connectivity index (χ3v) is 6.72. The predicted octanol–water partition coefficient (Wildman–Crippen LogP) is 2.78. The first kappa shape index (κ1) is 20.8. The molecular formula is C23H26N2O4S. The number of nitrogens with one attached hydrogen (secondary N) is 1. The standard InChI is InChI=1S/C23H26N2O4S/c1-14(2)15-5-7-16(8-6-15)22(27)24-18(12-17-4-3-11-30-17)23(28)25-10-9-20-21(25)19(26)13-29-20/h3-8,11,14,18,20-21H,9-10,12-13H2,1-2H3,(H,24,27). The Hall–Kier alpha value is -2.51. The van der Waals surface area contributed by atoms with Crippen LogP contribution in [0.3, 0.4) is 0 Å². The van der Waals surface area contributed by atoms with Gasteiger partial charge in [-0.15, -0.1) is 11.3 Å². The van der Waals surface area contributed by atoms with Crippen molar-refractivity contribution in [2.75, 3.05) is 13.2 Å². The first-order valence-corrected chi connectivity index (χ1v) is 11.2. The lowest BCUT2D eigenvalue weighted by atomic mass is 10.0. The number of carbonyl (C=O) groups excluding carboxylic acids is 3. The van der Waals surface area contributed by atoms with Gasteiger partial charge in [0.1, 0.15) is 18.7 Å². The average Bonchev–Trinajstić information content (AvgIpc) is 3.47. The van der Waals surface area contributed by atoms with Crippen LogP contribution in [0.4, 0.5) is 0 Å². The average molecular weight is 427 g/mol. The summed E-state index contributed by atoms with van der Waals surface area (Å²) in [6.45, 7) is 4.73. The molecule has 2 amide bonds. The van der Waals surface area contributed by atoms with E-state index >= 15 is 0 Å². The smallest absolute Gasteiger partial charge is 0.251 e. The predicted molar refractivity (Wildman–Crippen MR) is 115 cm³/mol. The van der Waals surface area contributed by atoms with Gasteiger partial charge >= 0.3 is 0 Å². The number of ether oxygens (including phenoxy) is 1. The molecule has 1 aromatic carbocycles. The molecule has 0 spiro atoms. The molecular weight excluding hydrogens is 400 g/mol. The number of Topliss-reactive ketones (excluding diaryl/α,β-unsaturated/α-hetero) is 1. The Morgan fingerprint density at radius 2 is 2.00 bits per heavy atom. The molecule has 7 heteroatoms. The second-order valence-electron chi connectivity index (χ2n) is 8.17. The summed E-state index contributed by atoms with van der Waals surface area (Å²) in [4.78, 5) is 41.1. The van der Waals surface area contributed by atoms with Crippen LogP contribution in [0.1, 0.15) is 47.0 Å². The summed E-state index contributed by atoms with van der Waals surface area (Å²) in [7, 11) is 0. The van der Waals surface area contributed by atoms with Gasteiger partial charge in [0.05, 0.1) is 6.10 Å². The maximum absolute atomic E-state index is 13.4. The summed E-state index contributed by atoms with van der Waals surface area (Å²) in [6.07, 6.45) is 0.830. The van der Waals surface area contributed by atoms with Gasteiger partial charge in [0.25, 0.3) is 5.91 Å². The number of thiophene rings is 1. The Balaban J connectivity index is 1.53. The molecule has 1 aromatic heterocycles. The summed E-state index contributed by atoms with van der Waals surface area (Å²) in [6, 6.07) is 10.1. The van der Waals surface area contributed by atoms with Gasteiger partial charge in [-0.25, -0.2) is 0 Å². The summed E-state index contributed by atoms with van der Waals surface area (Å²) < 4.78 is 5.51. The number of benzene rings is 1. The van der Waals surface area contributed by atoms with E-state index in [-0.39, 0.29) is 30.3 Å². The number of fused-ring (bicyclic) bond motifs is 1. The van der Waals surface area contributed by atoms with E-state index in [1.54, 1.807) is 28.4 Å². The van der Waals surface area contributed by atoms with Crippen molar-refractivity contribution in [3.8, 4) is 0 Å². The first-order valence-electron chi connectivity index (χ1n) is 10.3. The van der Waals surface area contributed by atoms with Gasteiger partial charge in [-0.05, 0) is 41.5 Å². The van der Waals surface area contributed by atoms with E-state index < -0.39 is 12.1 Å². The van der Waals surface area contributed by atoms with Gasteiger partial charge in [0, 0.05) is 23.4 Å². The minimum Gasteiger partial charge on any atom is -0.368 e. The third kappa shape index (κ3) is 4.18. The molecule has 0 saturated carbocycles. The van der Waals surface area contributed by atoms with Gasteiger partial charge in [-0.3, -0.25) is 14.4 Å². The highest BCUT2D eigenvalue weighted by atomic mass is 32.1. The lowest BCUT2D eigenvalue weighted by Crippen LogP contribution is -2.53. The van der Waals surface area contributed by atoms with Crippen molar-refractivity contribution >= 4 is 28.9 Å². The summed E-state index contributed by atoms with van der Waals surface area (Å²) in [5.41, 5.74) is 1.67. The maximum Gasteiger partial charge on any atom is 0.251 e. The first-order chi connectivity index (χ1) is 14.4. The van der Waals surface area contributed by atoms with Crippen LogP contribution in [0, 0.1) is 0 Å². The molecule has 158 valence electrons. The molecule has 2 aromatic rings. The fraction of sp³-hybridized carbons (Fsp3) is 0.435. The van der Waals surface area contributed by atoms with E-state index in [0.29, 0.717) is 30.9 Å². The van der Waals surface area contributed by atoms with E-state index in [1.807, 2.05) is 29.6 Å². The largest absolute Gasteiger partial charge is 0.368 e. The number of hydrogen-bond acceptors (Lipinski definition) is 5. The molecule has 0 aliphatic carbocycles. The maximum atomic E-state index is 13.4. The topological polar surface area (TPSA) is 75.7 Å². The molecule has 6 nitrogen and oxygen atoms in total. The Bertz CT molecular complexity index is 923. The van der Waals surface area contributed by atoms with E-state index in [4.69, 9.17) is 4.74 Å². The highest BCUT2D eigenvalue weighted by Gasteiger charge is 2.48. The van der Waals surface area contributed by atoms with Crippen LogP contribution in [-0.2, 0) is 20.7 Å². The lowest BCUT2D eigenvalue weighted by molar-refractivity contribution is -0.138. The fourth-order valence-electron chi connectivity index (χ4n) is 4.13. The zero-order valence-corrected chi connectivity index (χ0v) is 18.0. The lowest BCUT2D eigenvalue weighted by Gasteiger charge is -2.27. The zero-order chi connectivity index (χ0) is 21.3. The molecule has 0 radical (unpaired) electrons. The number of carbonyl (C=O) groups is 3. The van der Waals surface area contributed by atoms with Crippen molar-refractivity contribution in [2.45, 2.75) is 50.8 Å². The molecule has 2 aliphatic heterocycles. The van der Waals surface area contributed by atoms with Gasteiger partial charge in [0.2, 0.25) is 5.91 Å². The van der Waals surface area contributed by atoms with Gasteiger partial charge < -0.3 is 15.0 Å². The summed E-state index contributed by atoms with van der Waals surface area (Å²) in [5.74, 6) is -0.187. The number of hydrogen-bond donors (Lipinski definition) is 1. The summed E-state index contributed by atoms with van der Waals surface area (Å²) >= 11 is 1.55. The van der Waals surface area contributed by atoms with Gasteiger partial charge in [0.15, 0.2) is 5.78 Å². The zero-order valence-electron chi connectivity index (χ0n) is 17.2. The van der Waals surface area contributed by atoms with Crippen LogP contribution in [0.25, 0.3) is 0 Å². The highest BCUT2D eigenvalue weighted by molar-refractivity contribution is 7.09. The van der Waals surface area contributed by atoms with Crippen LogP contribution >= 0.6 is 11.3 Å². The molecule has 3 atom stereocenters. The molecule has 2 aliphatic rings. The molecule has 2 saturated heterocycles. The molecule has 1 N–H and O–H groups in total. The van der Waals surface area contributed by atoms with Crippen molar-refractivity contribution < 1.29 is 19.1 Å². The van der Waals surface area contributed by atoms with Crippen LogP contribution in [-0.4, -0.2) is 53.8 Å². The number of rotatable bonds is 6. The van der Waals surface area contributed by atoms with E-state index in [1.165, 1.54) is 0 Å². The highest BCUT2D eigenvalue weighted by Crippen LogP contribution is 2.28. The number of likely N-dealkylation sites (tertiary alicyclic amines) is 1. The monoisotopic (exact) mass is 426 g/mol. The van der Waals surface area contributed by atoms with Crippen LogP contribution < -0.4 is 5.32 Å². The second-order valence-corrected chi connectivity index (χ2v) is 9.20. The number of nitrogens with zero attached hydrogens (tertiary/aromatic N) is 1. The Labute approximate surface area is 180 Å². The second kappa shape index (κ2) is 8.70. The molecule has 4 rings (SSSR count). The number of amides is 2. The van der Waals surface area contributed by atoms with E-state index in [2.05, 4.69) is 19.2 Å². The van der Waals surface area contributed by atoms with Crippen molar-refractivity contribution in [1.29, 1.82) is 0 Å². The Morgan fingerprint density at radius 3 is 2.67 bits per heavy atom. The molecule has 0 bridgehead atoms. The minimum absolute atomic E-state index is 0.0588. The quantitative estimate of drug-likeness (QED) is 0.771. The Morgan fingerprint density at radius 1 is 1.23 bits per heavy atom. The molecule has 3 unspecified atom stereocenters. The van der Waals surface area contributed by atoms with Crippen LogP contribution in [0.2, 0.25) is 0 Å². The van der Waals surface area contributed by atoms with Gasteiger partial charge in [-0.2, -0.15) is 0 Å². The third-order valence-electron chi connectivity index (χ3n) is 5.82. The van der Waals surface area contributed by atoms with Crippen molar-refractivity contribution in [2.24, 2.45) is 0 Å². The van der Waals surface area contributed by atoms with E-state index in [9.17, 15) is 14.4 Å². The SMILES string of the molecule is CC(C)c1ccc(C(=O)NC(Cc2cccs2)C(=O)N2CCC3OCC(=O)C32)cc1. The normalized spacial score (nSPS) is 21.7. The fourth-order valence-corrected chi connectivity index (χ4v) is 4.88. The molecule has 2 fully saturated rings. The van der Waals surface area contributed by atoms with Crippen LogP contribution in [0.5, 0.6) is 0 Å². The molecule has 30 heavy (non-hydrogen) atoms. The van der Waals surface area contributed by atoms with E-state index in [0.717, 1.165) is 10.4 Å². The summed E-state index contributed by atoms with van der Waals surface area (Å²) in [5, 5.41) is 4.86. The van der Waals surface area contributed by atoms with Crippen molar-refractivity contribution in [3.05, 3.63) is 57.8 Å². The van der Waals surface area contributed by atoms with Crippen molar-refractivity contribution in [3.63, 3.8) is 0 Å². The van der Waals surface area contributed by atoms with Gasteiger partial charge in [-0.1, -0.05) is 32.0 Å². The van der Waals surface area contributed by atoms with Crippen molar-refractivity contribution in [1.82, 2.24) is 10.2 Å². The minimum atomic E-state index is -0.729. The Kier molecular flexibility index (Phi) is 6.01. The number of ketones is 1. The molecule has 3 heterocycles. The van der Waals surface area contributed by atoms with Crippen LogP contribution in [0.15, 0.2) is 41.8 Å².